The molecule has 0 aromatic heterocycles. The molecule has 0 aliphatic heterocycles. The summed E-state index contributed by atoms with van der Waals surface area (Å²) in [4.78, 5) is 0. The molecule has 0 heterocycles. The van der Waals surface area contributed by atoms with Crippen molar-refractivity contribution in [2.24, 2.45) is 0 Å². The zero-order valence-corrected chi connectivity index (χ0v) is 14.3. The van der Waals surface area contributed by atoms with E-state index in [9.17, 15) is 17.7 Å². The van der Waals surface area contributed by atoms with E-state index in [1.54, 1.807) is 30.3 Å². The number of rotatable bonds is 7. The normalized spacial score (nSPS) is 13.4. The van der Waals surface area contributed by atoms with Crippen LogP contribution in [0.4, 0.5) is 18.9 Å². The number of benzene rings is 1. The number of thiocarbonyl (C=S) groups is 1. The zero-order valence-electron chi connectivity index (χ0n) is 12.6. The summed E-state index contributed by atoms with van der Waals surface area (Å²) in [6.07, 6.45) is -4.87. The molecule has 0 bridgehead atoms. The largest absolute Gasteiger partial charge is 0.420 e. The number of para-hydroxylation sites is 1. The van der Waals surface area contributed by atoms with E-state index in [1.807, 2.05) is 5.32 Å². The van der Waals surface area contributed by atoms with Crippen molar-refractivity contribution < 1.29 is 26.8 Å². The second kappa shape index (κ2) is 8.63. The van der Waals surface area contributed by atoms with E-state index >= 15 is 0 Å². The van der Waals surface area contributed by atoms with E-state index in [1.165, 1.54) is 13.8 Å². The minimum absolute atomic E-state index is 0.190. The Hall–Kier alpha value is -1.15. The van der Waals surface area contributed by atoms with Gasteiger partial charge in [0.1, 0.15) is 0 Å². The maximum atomic E-state index is 13.3. The molecule has 23 heavy (non-hydrogen) atoms. The van der Waals surface area contributed by atoms with Gasteiger partial charge in [-0.05, 0) is 38.2 Å². The Kier molecular flexibility index (Phi) is 7.47. The number of alkyl halides is 3. The van der Waals surface area contributed by atoms with E-state index in [-0.39, 0.29) is 18.3 Å². The summed E-state index contributed by atoms with van der Waals surface area (Å²) in [5.41, 5.74) is 0.494. The highest BCUT2D eigenvalue weighted by molar-refractivity contribution is 7.80. The third kappa shape index (κ3) is 6.10. The Labute approximate surface area is 138 Å². The molecule has 5 nitrogen and oxygen atoms in total. The summed E-state index contributed by atoms with van der Waals surface area (Å²) >= 11 is 4.86. The van der Waals surface area contributed by atoms with Crippen molar-refractivity contribution in [3.63, 3.8) is 0 Å². The Balaban J connectivity index is 2.94. The standard InChI is InChI=1S/C13H18F3N2O3PS/c1-3-20-22(19,21-4-2)11(13(14,15)16)18-12(23)17-10-8-6-5-7-9-10/h5-9,11H,3-4H2,1-2H3,(H2,17,18,23)/t11-/m1/s1. The van der Waals surface area contributed by atoms with Crippen molar-refractivity contribution in [2.45, 2.75) is 25.8 Å². The second-order valence-electron chi connectivity index (χ2n) is 4.28. The van der Waals surface area contributed by atoms with E-state index in [2.05, 4.69) is 5.32 Å². The maximum Gasteiger partial charge on any atom is 0.420 e. The smallest absolute Gasteiger partial charge is 0.341 e. The third-order valence-corrected chi connectivity index (χ3v) is 5.05. The number of nitrogens with one attached hydrogen (secondary N) is 2. The van der Waals surface area contributed by atoms with Crippen LogP contribution < -0.4 is 10.6 Å². The Morgan fingerprint density at radius 3 is 2.17 bits per heavy atom. The summed E-state index contributed by atoms with van der Waals surface area (Å²) in [5, 5.41) is 4.25. The van der Waals surface area contributed by atoms with Gasteiger partial charge < -0.3 is 19.7 Å². The minimum atomic E-state index is -4.87. The van der Waals surface area contributed by atoms with Crippen LogP contribution in [0, 0.1) is 0 Å². The summed E-state index contributed by atoms with van der Waals surface area (Å²) < 4.78 is 61.8. The van der Waals surface area contributed by atoms with E-state index in [4.69, 9.17) is 21.3 Å². The predicted octanol–water partition coefficient (Wildman–Crippen LogP) is 4.13. The SMILES string of the molecule is CCOP(=O)(OCC)[C@@H](NC(=S)Nc1ccccc1)C(F)(F)F. The zero-order chi connectivity index (χ0) is 17.5. The highest BCUT2D eigenvalue weighted by Crippen LogP contribution is 2.56. The molecule has 10 heteroatoms. The molecule has 0 radical (unpaired) electrons. The lowest BCUT2D eigenvalue weighted by molar-refractivity contribution is -0.138. The molecule has 2 N–H and O–H groups in total. The minimum Gasteiger partial charge on any atom is -0.341 e. The number of hydrogen-bond donors (Lipinski definition) is 2. The average Bonchev–Trinajstić information content (AvgIpc) is 2.45. The van der Waals surface area contributed by atoms with E-state index in [0.29, 0.717) is 5.69 Å². The molecule has 0 saturated heterocycles. The molecule has 0 spiro atoms. The lowest BCUT2D eigenvalue weighted by Crippen LogP contribution is -2.47. The monoisotopic (exact) mass is 370 g/mol. The number of hydrogen-bond acceptors (Lipinski definition) is 4. The molecule has 1 aromatic rings. The van der Waals surface area contributed by atoms with Gasteiger partial charge in [-0.2, -0.15) is 13.2 Å². The molecule has 0 saturated carbocycles. The molecule has 1 atom stereocenters. The van der Waals surface area contributed by atoms with Gasteiger partial charge in [0.05, 0.1) is 13.2 Å². The van der Waals surface area contributed by atoms with Crippen molar-refractivity contribution in [3.8, 4) is 0 Å². The van der Waals surface area contributed by atoms with E-state index in [0.717, 1.165) is 0 Å². The van der Waals surface area contributed by atoms with Crippen molar-refractivity contribution in [2.75, 3.05) is 18.5 Å². The lowest BCUT2D eigenvalue weighted by Gasteiger charge is -2.29. The van der Waals surface area contributed by atoms with Crippen LogP contribution in [0.3, 0.4) is 0 Å². The van der Waals surface area contributed by atoms with Gasteiger partial charge >= 0.3 is 13.8 Å². The van der Waals surface area contributed by atoms with Crippen molar-refractivity contribution in [1.29, 1.82) is 0 Å². The predicted molar refractivity (Wildman–Crippen MR) is 86.5 cm³/mol. The average molecular weight is 370 g/mol. The molecular weight excluding hydrogens is 352 g/mol. The fourth-order valence-electron chi connectivity index (χ4n) is 1.70. The van der Waals surface area contributed by atoms with Gasteiger partial charge in [0.25, 0.3) is 0 Å². The van der Waals surface area contributed by atoms with Gasteiger partial charge in [-0.25, -0.2) is 0 Å². The van der Waals surface area contributed by atoms with Crippen LogP contribution in [-0.2, 0) is 13.6 Å². The molecule has 0 amide bonds. The first-order chi connectivity index (χ1) is 10.7. The quantitative estimate of drug-likeness (QED) is 0.556. The van der Waals surface area contributed by atoms with Gasteiger partial charge in [0, 0.05) is 5.69 Å². The van der Waals surface area contributed by atoms with Crippen LogP contribution >= 0.6 is 19.8 Å². The van der Waals surface area contributed by atoms with Gasteiger partial charge in [-0.1, -0.05) is 18.2 Å². The summed E-state index contributed by atoms with van der Waals surface area (Å²) in [6.45, 7) is 2.48. The van der Waals surface area contributed by atoms with Crippen LogP contribution in [0.25, 0.3) is 0 Å². The van der Waals surface area contributed by atoms with Crippen LogP contribution in [0.2, 0.25) is 0 Å². The van der Waals surface area contributed by atoms with Crippen molar-refractivity contribution >= 4 is 30.6 Å². The van der Waals surface area contributed by atoms with Crippen molar-refractivity contribution in [1.82, 2.24) is 5.32 Å². The van der Waals surface area contributed by atoms with E-state index < -0.39 is 19.6 Å². The summed E-state index contributed by atoms with van der Waals surface area (Å²) in [5.74, 6) is -2.56. The molecule has 1 aromatic carbocycles. The fraction of sp³-hybridized carbons (Fsp3) is 0.462. The van der Waals surface area contributed by atoms with Crippen molar-refractivity contribution in [3.05, 3.63) is 30.3 Å². The van der Waals surface area contributed by atoms with Gasteiger partial charge in [0.15, 0.2) is 5.11 Å². The number of anilines is 1. The molecule has 0 aliphatic carbocycles. The van der Waals surface area contributed by atoms with Crippen LogP contribution in [0.1, 0.15) is 13.8 Å². The number of halogens is 3. The highest BCUT2D eigenvalue weighted by Gasteiger charge is 2.54. The van der Waals surface area contributed by atoms with Gasteiger partial charge in [-0.15, -0.1) is 0 Å². The fourth-order valence-corrected chi connectivity index (χ4v) is 3.76. The molecule has 130 valence electrons. The molecular formula is C13H18F3N2O3PS. The lowest BCUT2D eigenvalue weighted by atomic mass is 10.3. The first kappa shape index (κ1) is 19.9. The molecule has 0 aliphatic rings. The Morgan fingerprint density at radius 1 is 1.22 bits per heavy atom. The summed E-state index contributed by atoms with van der Waals surface area (Å²) in [7, 11) is -4.47. The van der Waals surface area contributed by atoms with Crippen LogP contribution in [-0.4, -0.2) is 30.3 Å². The molecule has 0 unspecified atom stereocenters. The van der Waals surface area contributed by atoms with Gasteiger partial charge in [0.2, 0.25) is 5.78 Å². The molecule has 0 fully saturated rings. The Bertz CT molecular complexity index is 547. The van der Waals surface area contributed by atoms with Crippen LogP contribution in [0.5, 0.6) is 0 Å². The highest BCUT2D eigenvalue weighted by atomic mass is 32.1. The third-order valence-electron chi connectivity index (χ3n) is 2.54. The maximum absolute atomic E-state index is 13.3. The Morgan fingerprint density at radius 2 is 1.74 bits per heavy atom. The molecule has 1 rings (SSSR count). The topological polar surface area (TPSA) is 59.6 Å². The first-order valence-corrected chi connectivity index (χ1v) is 8.83. The first-order valence-electron chi connectivity index (χ1n) is 6.81. The van der Waals surface area contributed by atoms with Crippen LogP contribution in [0.15, 0.2) is 30.3 Å². The van der Waals surface area contributed by atoms with Gasteiger partial charge in [-0.3, -0.25) is 4.57 Å². The second-order valence-corrected chi connectivity index (χ2v) is 6.80. The summed E-state index contributed by atoms with van der Waals surface area (Å²) in [6, 6.07) is 8.38.